The first-order valence-corrected chi connectivity index (χ1v) is 9.91. The van der Waals surface area contributed by atoms with Crippen LogP contribution in [0.4, 0.5) is 0 Å². The van der Waals surface area contributed by atoms with Gasteiger partial charge in [-0.25, -0.2) is 9.48 Å². The molecule has 0 bridgehead atoms. The van der Waals surface area contributed by atoms with Gasteiger partial charge in [-0.2, -0.15) is 10.4 Å². The highest BCUT2D eigenvalue weighted by Gasteiger charge is 2.22. The van der Waals surface area contributed by atoms with E-state index in [1.807, 2.05) is 68.4 Å². The largest absolute Gasteiger partial charge is 0.452 e. The molecule has 3 rings (SSSR count). The van der Waals surface area contributed by atoms with Gasteiger partial charge in [0.25, 0.3) is 5.91 Å². The van der Waals surface area contributed by atoms with Crippen molar-refractivity contribution in [1.29, 1.82) is 5.26 Å². The molecule has 1 amide bonds. The molecular formula is C24H24N4O3. The minimum Gasteiger partial charge on any atom is -0.452 e. The first-order valence-electron chi connectivity index (χ1n) is 9.91. The van der Waals surface area contributed by atoms with Crippen LogP contribution in [0.5, 0.6) is 0 Å². The lowest BCUT2D eigenvalue weighted by Crippen LogP contribution is -2.31. The Morgan fingerprint density at radius 2 is 1.90 bits per heavy atom. The van der Waals surface area contributed by atoms with Crippen molar-refractivity contribution in [3.8, 4) is 23.0 Å². The van der Waals surface area contributed by atoms with E-state index in [0.29, 0.717) is 5.69 Å². The number of nitriles is 1. The highest BCUT2D eigenvalue weighted by Crippen LogP contribution is 2.28. The van der Waals surface area contributed by atoms with E-state index in [2.05, 4.69) is 5.10 Å². The van der Waals surface area contributed by atoms with E-state index < -0.39 is 12.6 Å². The normalized spacial score (nSPS) is 10.4. The van der Waals surface area contributed by atoms with Crippen LogP contribution in [0.2, 0.25) is 0 Å². The number of nitrogens with zero attached hydrogens (tertiary/aromatic N) is 4. The summed E-state index contributed by atoms with van der Waals surface area (Å²) < 4.78 is 6.93. The first-order chi connectivity index (χ1) is 14.9. The van der Waals surface area contributed by atoms with Gasteiger partial charge >= 0.3 is 5.97 Å². The van der Waals surface area contributed by atoms with E-state index in [4.69, 9.17) is 10.00 Å². The minimum absolute atomic E-state index is 0.219. The van der Waals surface area contributed by atoms with Gasteiger partial charge in [0, 0.05) is 25.4 Å². The summed E-state index contributed by atoms with van der Waals surface area (Å²) in [6.45, 7) is 3.85. The number of para-hydroxylation sites is 1. The predicted molar refractivity (Wildman–Crippen MR) is 117 cm³/mol. The van der Waals surface area contributed by atoms with Crippen LogP contribution in [0.3, 0.4) is 0 Å². The summed E-state index contributed by atoms with van der Waals surface area (Å²) in [5, 5.41) is 13.3. The molecule has 0 radical (unpaired) electrons. The van der Waals surface area contributed by atoms with Crippen molar-refractivity contribution >= 4 is 11.9 Å². The number of rotatable bonds is 7. The number of carbonyl (C=O) groups excluding carboxylic acids is 2. The number of hydrogen-bond donors (Lipinski definition) is 0. The molecule has 158 valence electrons. The molecule has 7 nitrogen and oxygen atoms in total. The van der Waals surface area contributed by atoms with E-state index in [0.717, 1.165) is 22.4 Å². The van der Waals surface area contributed by atoms with Gasteiger partial charge < -0.3 is 9.64 Å². The number of ether oxygens (including phenoxy) is 1. The summed E-state index contributed by atoms with van der Waals surface area (Å²) in [5.74, 6) is -0.994. The second kappa shape index (κ2) is 9.72. The molecule has 7 heteroatoms. The number of amides is 1. The third kappa shape index (κ3) is 5.17. The molecule has 0 saturated carbocycles. The van der Waals surface area contributed by atoms with E-state index in [1.54, 1.807) is 17.9 Å². The van der Waals surface area contributed by atoms with Crippen molar-refractivity contribution in [3.05, 3.63) is 71.4 Å². The lowest BCUT2D eigenvalue weighted by Gasteiger charge is -2.15. The zero-order valence-corrected chi connectivity index (χ0v) is 17.8. The Labute approximate surface area is 181 Å². The van der Waals surface area contributed by atoms with Crippen molar-refractivity contribution < 1.29 is 14.3 Å². The fourth-order valence-electron chi connectivity index (χ4n) is 3.17. The molecule has 0 spiro atoms. The summed E-state index contributed by atoms with van der Waals surface area (Å²) in [5.41, 5.74) is 4.50. The average molecular weight is 416 g/mol. The molecule has 0 atom stereocenters. The molecule has 0 aliphatic heterocycles. The van der Waals surface area contributed by atoms with E-state index >= 15 is 0 Å². The lowest BCUT2D eigenvalue weighted by atomic mass is 10.0. The van der Waals surface area contributed by atoms with E-state index in [9.17, 15) is 9.59 Å². The van der Waals surface area contributed by atoms with Gasteiger partial charge in [-0.15, -0.1) is 0 Å². The molecule has 0 aliphatic rings. The second-order valence-corrected chi connectivity index (χ2v) is 7.29. The molecule has 1 aromatic heterocycles. The number of carbonyl (C=O) groups is 2. The summed E-state index contributed by atoms with van der Waals surface area (Å²) in [7, 11) is 1.57. The third-order valence-corrected chi connectivity index (χ3v) is 4.90. The molecule has 31 heavy (non-hydrogen) atoms. The molecule has 0 saturated heterocycles. The van der Waals surface area contributed by atoms with Gasteiger partial charge in [0.15, 0.2) is 6.61 Å². The number of benzene rings is 2. The van der Waals surface area contributed by atoms with Gasteiger partial charge in [0.2, 0.25) is 0 Å². The van der Waals surface area contributed by atoms with Crippen LogP contribution in [-0.4, -0.2) is 46.8 Å². The molecule has 0 aliphatic carbocycles. The van der Waals surface area contributed by atoms with Gasteiger partial charge in [-0.1, -0.05) is 42.0 Å². The molecule has 0 N–H and O–H groups in total. The number of hydrogen-bond acceptors (Lipinski definition) is 5. The maximum Gasteiger partial charge on any atom is 0.342 e. The van der Waals surface area contributed by atoms with Gasteiger partial charge in [0.1, 0.15) is 11.3 Å². The Bertz CT molecular complexity index is 1130. The monoisotopic (exact) mass is 416 g/mol. The molecule has 1 heterocycles. The van der Waals surface area contributed by atoms with Crippen LogP contribution in [0, 0.1) is 25.2 Å². The van der Waals surface area contributed by atoms with Gasteiger partial charge in [-0.05, 0) is 31.5 Å². The lowest BCUT2D eigenvalue weighted by molar-refractivity contribution is -0.133. The highest BCUT2D eigenvalue weighted by molar-refractivity contribution is 5.97. The zero-order chi connectivity index (χ0) is 22.4. The standard InChI is InChI=1S/C24H24N4O3/c1-17-10-11-20(18(2)14-17)23-21(15-28(26-23)19-8-5-4-6-9-19)24(30)31-16-22(29)27(3)13-7-12-25/h4-6,8-11,14-15H,7,13,16H2,1-3H3. The van der Waals surface area contributed by atoms with Gasteiger partial charge in [0.05, 0.1) is 18.2 Å². The first kappa shape index (κ1) is 21.8. The maximum absolute atomic E-state index is 12.9. The van der Waals surface area contributed by atoms with Crippen molar-refractivity contribution in [1.82, 2.24) is 14.7 Å². The smallest absolute Gasteiger partial charge is 0.342 e. The van der Waals surface area contributed by atoms with Crippen LogP contribution in [0.25, 0.3) is 16.9 Å². The Hall–Kier alpha value is -3.92. The average Bonchev–Trinajstić information content (AvgIpc) is 3.21. The zero-order valence-electron chi connectivity index (χ0n) is 17.8. The van der Waals surface area contributed by atoms with Gasteiger partial charge in [-0.3, -0.25) is 4.79 Å². The van der Waals surface area contributed by atoms with Crippen molar-refractivity contribution in [3.63, 3.8) is 0 Å². The molecular weight excluding hydrogens is 392 g/mol. The van der Waals surface area contributed by atoms with E-state index in [-0.39, 0.29) is 24.4 Å². The Balaban J connectivity index is 1.91. The summed E-state index contributed by atoms with van der Waals surface area (Å²) in [4.78, 5) is 26.5. The summed E-state index contributed by atoms with van der Waals surface area (Å²) in [6, 6.07) is 17.4. The maximum atomic E-state index is 12.9. The van der Waals surface area contributed by atoms with E-state index in [1.165, 1.54) is 4.90 Å². The Kier molecular flexibility index (Phi) is 6.83. The Morgan fingerprint density at radius 3 is 2.58 bits per heavy atom. The summed E-state index contributed by atoms with van der Waals surface area (Å²) >= 11 is 0. The van der Waals surface area contributed by atoms with Crippen LogP contribution in [-0.2, 0) is 9.53 Å². The van der Waals surface area contributed by atoms with Crippen LogP contribution in [0.1, 0.15) is 27.9 Å². The van der Waals surface area contributed by atoms with Crippen molar-refractivity contribution in [2.24, 2.45) is 0 Å². The number of aromatic nitrogens is 2. The predicted octanol–water partition coefficient (Wildman–Crippen LogP) is 3.69. The third-order valence-electron chi connectivity index (χ3n) is 4.90. The molecule has 3 aromatic rings. The number of esters is 1. The van der Waals surface area contributed by atoms with Crippen LogP contribution >= 0.6 is 0 Å². The SMILES string of the molecule is Cc1ccc(-c2nn(-c3ccccc3)cc2C(=O)OCC(=O)N(C)CCC#N)c(C)c1. The van der Waals surface area contributed by atoms with Crippen molar-refractivity contribution in [2.45, 2.75) is 20.3 Å². The second-order valence-electron chi connectivity index (χ2n) is 7.29. The van der Waals surface area contributed by atoms with Crippen LogP contribution in [0.15, 0.2) is 54.7 Å². The Morgan fingerprint density at radius 1 is 1.16 bits per heavy atom. The molecule has 0 unspecified atom stereocenters. The quantitative estimate of drug-likeness (QED) is 0.548. The number of likely N-dealkylation sites (N-methyl/N-ethyl adjacent to an activating group) is 1. The molecule has 0 fully saturated rings. The fraction of sp³-hybridized carbons (Fsp3) is 0.250. The molecule has 2 aromatic carbocycles. The fourth-order valence-corrected chi connectivity index (χ4v) is 3.17. The number of aryl methyl sites for hydroxylation is 2. The van der Waals surface area contributed by atoms with Crippen LogP contribution < -0.4 is 0 Å². The topological polar surface area (TPSA) is 88.2 Å². The van der Waals surface area contributed by atoms with Crippen molar-refractivity contribution in [2.75, 3.05) is 20.2 Å². The highest BCUT2D eigenvalue weighted by atomic mass is 16.5. The minimum atomic E-state index is -0.626. The summed E-state index contributed by atoms with van der Waals surface area (Å²) in [6.07, 6.45) is 1.84.